The third-order valence-corrected chi connectivity index (χ3v) is 4.01. The van der Waals surface area contributed by atoms with Crippen molar-refractivity contribution in [1.29, 1.82) is 0 Å². The van der Waals surface area contributed by atoms with Crippen LogP contribution in [0.15, 0.2) is 11.7 Å². The van der Waals surface area contributed by atoms with E-state index >= 15 is 0 Å². The minimum atomic E-state index is 0.0693. The van der Waals surface area contributed by atoms with Crippen molar-refractivity contribution >= 4 is 34.3 Å². The van der Waals surface area contributed by atoms with Crippen LogP contribution in [0.5, 0.6) is 0 Å². The standard InChI is InChI=1S/C12H15N7S/c1-6-4-20-11(16-6)7(2)17-10-8-9(15-5-14-8)18-12(13-3)19-10/h4-5,7H,1-3H3,(H3,13,14,15,17,18,19). The highest BCUT2D eigenvalue weighted by atomic mass is 32.1. The summed E-state index contributed by atoms with van der Waals surface area (Å²) >= 11 is 1.64. The molecular weight excluding hydrogens is 274 g/mol. The normalized spacial score (nSPS) is 12.6. The summed E-state index contributed by atoms with van der Waals surface area (Å²) in [6.07, 6.45) is 1.61. The number of nitrogens with zero attached hydrogens (tertiary/aromatic N) is 4. The number of fused-ring (bicyclic) bond motifs is 1. The van der Waals surface area contributed by atoms with Crippen LogP contribution in [0.1, 0.15) is 23.7 Å². The Bertz CT molecular complexity index is 732. The van der Waals surface area contributed by atoms with E-state index in [9.17, 15) is 0 Å². The zero-order valence-electron chi connectivity index (χ0n) is 11.4. The second kappa shape index (κ2) is 5.04. The molecule has 1 unspecified atom stereocenters. The first kappa shape index (κ1) is 12.8. The Kier molecular flexibility index (Phi) is 3.23. The lowest BCUT2D eigenvalue weighted by molar-refractivity contribution is 0.856. The average molecular weight is 289 g/mol. The van der Waals surface area contributed by atoms with Crippen LogP contribution in [0.2, 0.25) is 0 Å². The predicted molar refractivity (Wildman–Crippen MR) is 80.1 cm³/mol. The van der Waals surface area contributed by atoms with Gasteiger partial charge in [0.2, 0.25) is 5.95 Å². The van der Waals surface area contributed by atoms with Gasteiger partial charge >= 0.3 is 0 Å². The summed E-state index contributed by atoms with van der Waals surface area (Å²) in [6.45, 7) is 4.05. The van der Waals surface area contributed by atoms with Gasteiger partial charge in [-0.05, 0) is 13.8 Å². The summed E-state index contributed by atoms with van der Waals surface area (Å²) in [5.41, 5.74) is 2.46. The summed E-state index contributed by atoms with van der Waals surface area (Å²) in [5, 5.41) is 9.37. The maximum absolute atomic E-state index is 4.49. The van der Waals surface area contributed by atoms with Gasteiger partial charge in [-0.15, -0.1) is 11.3 Å². The molecule has 3 N–H and O–H groups in total. The van der Waals surface area contributed by atoms with Gasteiger partial charge in [0.05, 0.1) is 12.4 Å². The number of hydrogen-bond acceptors (Lipinski definition) is 7. The molecule has 0 aliphatic heterocycles. The van der Waals surface area contributed by atoms with Crippen molar-refractivity contribution in [3.8, 4) is 0 Å². The number of H-pyrrole nitrogens is 1. The maximum Gasteiger partial charge on any atom is 0.226 e. The van der Waals surface area contributed by atoms with Gasteiger partial charge < -0.3 is 15.6 Å². The molecule has 104 valence electrons. The molecule has 0 radical (unpaired) electrons. The molecule has 0 saturated carbocycles. The molecular formula is C12H15N7S. The number of imidazole rings is 1. The average Bonchev–Trinajstić information content (AvgIpc) is 3.06. The fourth-order valence-electron chi connectivity index (χ4n) is 1.89. The number of rotatable bonds is 4. The Labute approximate surface area is 119 Å². The summed E-state index contributed by atoms with van der Waals surface area (Å²) in [4.78, 5) is 20.4. The van der Waals surface area contributed by atoms with Gasteiger partial charge in [-0.2, -0.15) is 9.97 Å². The van der Waals surface area contributed by atoms with Gasteiger partial charge in [0.25, 0.3) is 0 Å². The van der Waals surface area contributed by atoms with Gasteiger partial charge in [-0.25, -0.2) is 9.97 Å². The highest BCUT2D eigenvalue weighted by molar-refractivity contribution is 7.09. The third kappa shape index (κ3) is 2.29. The summed E-state index contributed by atoms with van der Waals surface area (Å²) in [6, 6.07) is 0.0693. The van der Waals surface area contributed by atoms with Crippen molar-refractivity contribution < 1.29 is 0 Å². The quantitative estimate of drug-likeness (QED) is 0.683. The topological polar surface area (TPSA) is 91.4 Å². The first-order valence-corrected chi connectivity index (χ1v) is 7.12. The van der Waals surface area contributed by atoms with E-state index in [4.69, 9.17) is 0 Å². The number of aromatic nitrogens is 5. The van der Waals surface area contributed by atoms with Gasteiger partial charge in [0.15, 0.2) is 11.5 Å². The Morgan fingerprint density at radius 1 is 1.30 bits per heavy atom. The van der Waals surface area contributed by atoms with Crippen molar-refractivity contribution in [3.05, 3.63) is 22.4 Å². The molecule has 7 nitrogen and oxygen atoms in total. The number of aromatic amines is 1. The minimum absolute atomic E-state index is 0.0693. The van der Waals surface area contributed by atoms with Gasteiger partial charge in [0, 0.05) is 18.1 Å². The van der Waals surface area contributed by atoms with Crippen molar-refractivity contribution in [3.63, 3.8) is 0 Å². The predicted octanol–water partition coefficient (Wildman–Crippen LogP) is 2.33. The molecule has 0 amide bonds. The number of aryl methyl sites for hydroxylation is 1. The first-order valence-electron chi connectivity index (χ1n) is 6.25. The van der Waals surface area contributed by atoms with Crippen LogP contribution in [0.4, 0.5) is 11.8 Å². The summed E-state index contributed by atoms with van der Waals surface area (Å²) < 4.78 is 0. The number of nitrogens with one attached hydrogen (secondary N) is 3. The molecule has 0 spiro atoms. The van der Waals surface area contributed by atoms with Crippen molar-refractivity contribution in [1.82, 2.24) is 24.9 Å². The molecule has 20 heavy (non-hydrogen) atoms. The van der Waals surface area contributed by atoms with Crippen LogP contribution in [0.25, 0.3) is 11.2 Å². The number of hydrogen-bond donors (Lipinski definition) is 3. The van der Waals surface area contributed by atoms with E-state index in [-0.39, 0.29) is 6.04 Å². The third-order valence-electron chi connectivity index (χ3n) is 2.87. The number of thiazole rings is 1. The zero-order chi connectivity index (χ0) is 14.1. The molecule has 0 saturated heterocycles. The minimum Gasteiger partial charge on any atom is -0.359 e. The van der Waals surface area contributed by atoms with Crippen LogP contribution in [0, 0.1) is 6.92 Å². The lowest BCUT2D eigenvalue weighted by Crippen LogP contribution is -2.10. The van der Waals surface area contributed by atoms with Crippen LogP contribution in [-0.2, 0) is 0 Å². The second-order valence-corrected chi connectivity index (χ2v) is 5.33. The Morgan fingerprint density at radius 3 is 2.85 bits per heavy atom. The fraction of sp³-hybridized carbons (Fsp3) is 0.333. The van der Waals surface area contributed by atoms with Gasteiger partial charge in [-0.3, -0.25) is 0 Å². The van der Waals surface area contributed by atoms with Crippen LogP contribution >= 0.6 is 11.3 Å². The van der Waals surface area contributed by atoms with Crippen LogP contribution in [0.3, 0.4) is 0 Å². The van der Waals surface area contributed by atoms with Crippen molar-refractivity contribution in [2.24, 2.45) is 0 Å². The van der Waals surface area contributed by atoms with E-state index in [0.717, 1.165) is 22.0 Å². The molecule has 0 aliphatic rings. The zero-order valence-corrected chi connectivity index (χ0v) is 12.2. The molecule has 0 aromatic carbocycles. The lowest BCUT2D eigenvalue weighted by atomic mass is 10.3. The van der Waals surface area contributed by atoms with E-state index in [1.54, 1.807) is 24.7 Å². The molecule has 3 aromatic heterocycles. The lowest BCUT2D eigenvalue weighted by Gasteiger charge is -2.13. The highest BCUT2D eigenvalue weighted by Crippen LogP contribution is 2.25. The molecule has 0 bridgehead atoms. The highest BCUT2D eigenvalue weighted by Gasteiger charge is 2.14. The van der Waals surface area contributed by atoms with E-state index < -0.39 is 0 Å². The molecule has 3 rings (SSSR count). The largest absolute Gasteiger partial charge is 0.359 e. The van der Waals surface area contributed by atoms with E-state index in [1.807, 2.05) is 12.3 Å². The molecule has 0 aliphatic carbocycles. The Hall–Kier alpha value is -2.22. The maximum atomic E-state index is 4.49. The first-order chi connectivity index (χ1) is 9.67. The van der Waals surface area contributed by atoms with Crippen LogP contribution < -0.4 is 10.6 Å². The summed E-state index contributed by atoms with van der Waals surface area (Å²) in [7, 11) is 1.78. The molecule has 3 aromatic rings. The van der Waals surface area contributed by atoms with Crippen LogP contribution in [-0.4, -0.2) is 32.0 Å². The Balaban J connectivity index is 1.95. The fourth-order valence-corrected chi connectivity index (χ4v) is 2.69. The monoisotopic (exact) mass is 289 g/mol. The van der Waals surface area contributed by atoms with Gasteiger partial charge in [0.1, 0.15) is 10.5 Å². The second-order valence-electron chi connectivity index (χ2n) is 4.44. The molecule has 8 heteroatoms. The number of anilines is 2. The van der Waals surface area contributed by atoms with Gasteiger partial charge in [-0.1, -0.05) is 0 Å². The Morgan fingerprint density at radius 2 is 2.15 bits per heavy atom. The van der Waals surface area contributed by atoms with E-state index in [2.05, 4.69) is 42.5 Å². The molecule has 3 heterocycles. The summed E-state index contributed by atoms with van der Waals surface area (Å²) in [5.74, 6) is 1.26. The van der Waals surface area contributed by atoms with Crippen molar-refractivity contribution in [2.45, 2.75) is 19.9 Å². The SMILES string of the molecule is CNc1nc(NC(C)c2nc(C)cs2)c2[nH]cnc2n1. The van der Waals surface area contributed by atoms with E-state index in [0.29, 0.717) is 11.6 Å². The smallest absolute Gasteiger partial charge is 0.226 e. The van der Waals surface area contributed by atoms with E-state index in [1.165, 1.54) is 0 Å². The molecule has 0 fully saturated rings. The molecule has 1 atom stereocenters. The van der Waals surface area contributed by atoms with Crippen molar-refractivity contribution in [2.75, 3.05) is 17.7 Å².